The number of alkyl halides is 3. The highest BCUT2D eigenvalue weighted by Gasteiger charge is 2.65. The molecule has 5 N–H and O–H groups in total. The summed E-state index contributed by atoms with van der Waals surface area (Å²) in [6.07, 6.45) is 0. The molecule has 0 radical (unpaired) electrons. The summed E-state index contributed by atoms with van der Waals surface area (Å²) >= 11 is 0. The molecule has 0 aliphatic rings. The molecule has 0 saturated carbocycles. The fourth-order valence-electron chi connectivity index (χ4n) is 0.767. The number of hydrogen-bond acceptors (Lipinski definition) is 4. The van der Waals surface area contributed by atoms with E-state index in [0.717, 1.165) is 5.32 Å². The largest absolute Gasteiger partial charge is 0.384 e. The lowest BCUT2D eigenvalue weighted by atomic mass is 10.1. The molecule has 0 aliphatic carbocycles. The fraction of sp³-hybridized carbons (Fsp3) is 0.500. The van der Waals surface area contributed by atoms with Gasteiger partial charge in [0.25, 0.3) is 5.91 Å². The maximum atomic E-state index is 13.5. The molecule has 7 nitrogen and oxygen atoms in total. The Morgan fingerprint density at radius 1 is 1.25 bits per heavy atom. The number of hydrogen-bond donors (Lipinski definition) is 4. The van der Waals surface area contributed by atoms with E-state index in [1.165, 1.54) is 0 Å². The minimum absolute atomic E-state index is 0.555. The predicted octanol–water partition coefficient (Wildman–Crippen LogP) is -1.59. The first-order valence-electron chi connectivity index (χ1n) is 3.69. The third-order valence-electron chi connectivity index (χ3n) is 1.50. The Labute approximate surface area is 86.7 Å². The van der Waals surface area contributed by atoms with Crippen molar-refractivity contribution in [2.45, 2.75) is 18.6 Å². The average Bonchev–Trinajstić information content (AvgIpc) is 2.14. The molecule has 1 atom stereocenters. The first-order chi connectivity index (χ1) is 7.09. The SMILES string of the molecule is CC(=O)NC(F)(C(=O)NO)C(F)(F)C(N)=O. The van der Waals surface area contributed by atoms with E-state index in [1.54, 1.807) is 0 Å². The second-order valence-corrected chi connectivity index (χ2v) is 2.72. The van der Waals surface area contributed by atoms with Crippen LogP contribution in [0.3, 0.4) is 0 Å². The van der Waals surface area contributed by atoms with Gasteiger partial charge >= 0.3 is 17.6 Å². The Balaban J connectivity index is 5.47. The van der Waals surface area contributed by atoms with Crippen molar-refractivity contribution in [2.75, 3.05) is 0 Å². The zero-order valence-electron chi connectivity index (χ0n) is 7.88. The van der Waals surface area contributed by atoms with Gasteiger partial charge in [0.05, 0.1) is 0 Å². The maximum Gasteiger partial charge on any atom is 0.384 e. The van der Waals surface area contributed by atoms with Crippen molar-refractivity contribution in [2.24, 2.45) is 5.73 Å². The van der Waals surface area contributed by atoms with Crippen LogP contribution in [0.5, 0.6) is 0 Å². The Morgan fingerprint density at radius 3 is 1.94 bits per heavy atom. The smallest absolute Gasteiger partial charge is 0.364 e. The van der Waals surface area contributed by atoms with Crippen molar-refractivity contribution >= 4 is 17.7 Å². The van der Waals surface area contributed by atoms with Gasteiger partial charge in [-0.25, -0.2) is 9.87 Å². The Hall–Kier alpha value is -1.84. The van der Waals surface area contributed by atoms with E-state index in [4.69, 9.17) is 5.21 Å². The van der Waals surface area contributed by atoms with Crippen LogP contribution in [0.1, 0.15) is 6.92 Å². The molecule has 0 bridgehead atoms. The van der Waals surface area contributed by atoms with Crippen LogP contribution in [0, 0.1) is 0 Å². The highest BCUT2D eigenvalue weighted by atomic mass is 19.3. The second kappa shape index (κ2) is 4.35. The summed E-state index contributed by atoms with van der Waals surface area (Å²) in [6.45, 7) is 0.621. The van der Waals surface area contributed by atoms with Crippen molar-refractivity contribution in [3.05, 3.63) is 0 Å². The van der Waals surface area contributed by atoms with Gasteiger partial charge in [-0.2, -0.15) is 8.78 Å². The molecule has 0 fully saturated rings. The Morgan fingerprint density at radius 2 is 1.69 bits per heavy atom. The summed E-state index contributed by atoms with van der Waals surface area (Å²) in [6, 6.07) is 0. The normalized spacial score (nSPS) is 14.8. The van der Waals surface area contributed by atoms with E-state index >= 15 is 0 Å². The van der Waals surface area contributed by atoms with Gasteiger partial charge < -0.3 is 11.1 Å². The van der Waals surface area contributed by atoms with Crippen molar-refractivity contribution in [1.29, 1.82) is 0 Å². The van der Waals surface area contributed by atoms with Crippen molar-refractivity contribution < 1.29 is 32.8 Å². The summed E-state index contributed by atoms with van der Waals surface area (Å²) in [5.74, 6) is -15.7. The van der Waals surface area contributed by atoms with Crippen LogP contribution in [-0.2, 0) is 14.4 Å². The quantitative estimate of drug-likeness (QED) is 0.270. The van der Waals surface area contributed by atoms with E-state index in [1.807, 2.05) is 0 Å². The lowest BCUT2D eigenvalue weighted by Gasteiger charge is -2.29. The number of nitrogens with two attached hydrogens (primary N) is 1. The van der Waals surface area contributed by atoms with Gasteiger partial charge in [-0.3, -0.25) is 19.6 Å². The van der Waals surface area contributed by atoms with Crippen LogP contribution < -0.4 is 16.5 Å². The number of halogens is 3. The molecular formula is C6H8F3N3O4. The summed E-state index contributed by atoms with van der Waals surface area (Å²) in [7, 11) is 0. The molecule has 0 heterocycles. The van der Waals surface area contributed by atoms with Gasteiger partial charge in [-0.15, -0.1) is 0 Å². The summed E-state index contributed by atoms with van der Waals surface area (Å²) in [4.78, 5) is 31.4. The fourth-order valence-corrected chi connectivity index (χ4v) is 0.767. The average molecular weight is 243 g/mol. The standard InChI is InChI=1S/C6H8F3N3O4/c1-2(13)11-6(9,4(15)12-16)5(7,8)3(10)14/h16H,1H3,(H2,10,14)(H,11,13)(H,12,15). The number of amides is 3. The number of primary amides is 1. The maximum absolute atomic E-state index is 13.5. The van der Waals surface area contributed by atoms with Crippen LogP contribution in [0.25, 0.3) is 0 Å². The van der Waals surface area contributed by atoms with Crippen LogP contribution in [0.15, 0.2) is 0 Å². The van der Waals surface area contributed by atoms with Gasteiger partial charge in [0.2, 0.25) is 5.91 Å². The van der Waals surface area contributed by atoms with E-state index in [-0.39, 0.29) is 0 Å². The van der Waals surface area contributed by atoms with Gasteiger partial charge in [0, 0.05) is 6.92 Å². The molecule has 1 unspecified atom stereocenters. The molecular weight excluding hydrogens is 235 g/mol. The summed E-state index contributed by atoms with van der Waals surface area (Å²) in [5.41, 5.74) is 4.74. The van der Waals surface area contributed by atoms with Crippen molar-refractivity contribution in [1.82, 2.24) is 10.8 Å². The molecule has 10 heteroatoms. The minimum atomic E-state index is -5.02. The topological polar surface area (TPSA) is 122 Å². The first kappa shape index (κ1) is 14.2. The number of hydroxylamine groups is 1. The number of carbonyl (C=O) groups is 3. The molecule has 0 spiro atoms. The summed E-state index contributed by atoms with van der Waals surface area (Å²) in [5, 5.41) is 8.95. The van der Waals surface area contributed by atoms with E-state index in [9.17, 15) is 27.6 Å². The van der Waals surface area contributed by atoms with Gasteiger partial charge in [0.15, 0.2) is 0 Å². The highest BCUT2D eigenvalue weighted by Crippen LogP contribution is 2.30. The molecule has 0 aromatic heterocycles. The highest BCUT2D eigenvalue weighted by molar-refractivity contribution is 5.97. The molecule has 3 amide bonds. The Kier molecular flexibility index (Phi) is 3.85. The minimum Gasteiger partial charge on any atom is -0.364 e. The molecule has 0 aromatic carbocycles. The molecule has 0 aromatic rings. The third-order valence-corrected chi connectivity index (χ3v) is 1.50. The predicted molar refractivity (Wildman–Crippen MR) is 41.7 cm³/mol. The lowest BCUT2D eigenvalue weighted by Crippen LogP contribution is -2.68. The molecule has 92 valence electrons. The first-order valence-corrected chi connectivity index (χ1v) is 3.69. The molecule has 0 aliphatic heterocycles. The van der Waals surface area contributed by atoms with Gasteiger partial charge in [0.1, 0.15) is 0 Å². The Bertz CT molecular complexity index is 335. The monoisotopic (exact) mass is 243 g/mol. The second-order valence-electron chi connectivity index (χ2n) is 2.72. The number of rotatable bonds is 4. The molecule has 0 rings (SSSR count). The summed E-state index contributed by atoms with van der Waals surface area (Å²) < 4.78 is 39.4. The molecule has 0 saturated heterocycles. The van der Waals surface area contributed by atoms with Crippen LogP contribution in [0.2, 0.25) is 0 Å². The number of nitrogens with one attached hydrogen (secondary N) is 2. The van der Waals surface area contributed by atoms with Crippen LogP contribution in [0.4, 0.5) is 13.2 Å². The van der Waals surface area contributed by atoms with E-state index in [2.05, 4.69) is 5.73 Å². The lowest BCUT2D eigenvalue weighted by molar-refractivity contribution is -0.190. The zero-order valence-corrected chi connectivity index (χ0v) is 7.88. The van der Waals surface area contributed by atoms with Crippen molar-refractivity contribution in [3.8, 4) is 0 Å². The van der Waals surface area contributed by atoms with E-state index < -0.39 is 29.4 Å². The van der Waals surface area contributed by atoms with Crippen LogP contribution >= 0.6 is 0 Å². The third kappa shape index (κ3) is 2.21. The van der Waals surface area contributed by atoms with Crippen molar-refractivity contribution in [3.63, 3.8) is 0 Å². The zero-order chi connectivity index (χ0) is 13.1. The van der Waals surface area contributed by atoms with Gasteiger partial charge in [-0.05, 0) is 0 Å². The van der Waals surface area contributed by atoms with E-state index in [0.29, 0.717) is 12.4 Å². The van der Waals surface area contributed by atoms with Gasteiger partial charge in [-0.1, -0.05) is 0 Å². The number of carbonyl (C=O) groups excluding carboxylic acids is 3. The van der Waals surface area contributed by atoms with Crippen LogP contribution in [-0.4, -0.2) is 34.6 Å². The molecule has 16 heavy (non-hydrogen) atoms.